The highest BCUT2D eigenvalue weighted by Gasteiger charge is 2.16. The fourth-order valence-electron chi connectivity index (χ4n) is 4.10. The number of piperidine rings is 1. The fourth-order valence-corrected chi connectivity index (χ4v) is 5.23. The minimum absolute atomic E-state index is 0.198. The Labute approximate surface area is 202 Å². The Morgan fingerprint density at radius 2 is 1.56 bits per heavy atom. The molecule has 7 heteroatoms. The average molecular weight is 478 g/mol. The van der Waals surface area contributed by atoms with Gasteiger partial charge in [0.15, 0.2) is 0 Å². The lowest BCUT2D eigenvalue weighted by Crippen LogP contribution is -2.29. The van der Waals surface area contributed by atoms with Gasteiger partial charge in [0.1, 0.15) is 0 Å². The summed E-state index contributed by atoms with van der Waals surface area (Å²) in [6, 6.07) is 20.0. The number of anilines is 2. The molecule has 6 nitrogen and oxygen atoms in total. The number of benzene rings is 3. The van der Waals surface area contributed by atoms with Gasteiger partial charge in [-0.15, -0.1) is 0 Å². The molecular formula is C27H31N3O3S. The predicted molar refractivity (Wildman–Crippen MR) is 137 cm³/mol. The Morgan fingerprint density at radius 3 is 2.21 bits per heavy atom. The highest BCUT2D eigenvalue weighted by molar-refractivity contribution is 7.92. The summed E-state index contributed by atoms with van der Waals surface area (Å²) in [7, 11) is -3.70. The molecule has 34 heavy (non-hydrogen) atoms. The number of hydrogen-bond acceptors (Lipinski definition) is 4. The topological polar surface area (TPSA) is 78.5 Å². The molecule has 1 heterocycles. The normalized spacial score (nSPS) is 14.0. The van der Waals surface area contributed by atoms with Gasteiger partial charge in [0.2, 0.25) is 0 Å². The molecule has 0 radical (unpaired) electrons. The van der Waals surface area contributed by atoms with E-state index in [1.165, 1.54) is 24.9 Å². The molecule has 0 unspecified atom stereocenters. The van der Waals surface area contributed by atoms with E-state index in [-0.39, 0.29) is 10.8 Å². The van der Waals surface area contributed by atoms with Gasteiger partial charge in [0, 0.05) is 30.9 Å². The lowest BCUT2D eigenvalue weighted by molar-refractivity contribution is 0.0951. The number of rotatable bonds is 7. The first-order valence-electron chi connectivity index (χ1n) is 11.6. The molecule has 1 saturated heterocycles. The van der Waals surface area contributed by atoms with Gasteiger partial charge in [-0.3, -0.25) is 9.52 Å². The second kappa shape index (κ2) is 10.3. The molecule has 3 aromatic carbocycles. The number of aryl methyl sites for hydroxylation is 2. The van der Waals surface area contributed by atoms with Crippen molar-refractivity contribution in [3.05, 3.63) is 89.0 Å². The zero-order chi connectivity index (χ0) is 24.1. The number of sulfonamides is 1. The minimum atomic E-state index is -3.70. The Balaban J connectivity index is 1.36. The molecule has 4 rings (SSSR count). The lowest BCUT2D eigenvalue weighted by Gasteiger charge is -2.28. The highest BCUT2D eigenvalue weighted by Crippen LogP contribution is 2.22. The van der Waals surface area contributed by atoms with Gasteiger partial charge in [-0.05, 0) is 86.7 Å². The standard InChI is InChI=1S/C27H31N3O3S/c1-20-6-13-25(14-7-20)34(32,33)29-26-15-10-23(18-21(26)2)27(31)28-19-22-8-11-24(12-9-22)30-16-4-3-5-17-30/h6-15,18,29H,3-5,16-17,19H2,1-2H3,(H,28,31). The number of nitrogens with zero attached hydrogens (tertiary/aromatic N) is 1. The number of carbonyl (C=O) groups is 1. The van der Waals surface area contributed by atoms with E-state index in [1.807, 2.05) is 6.92 Å². The second-order valence-electron chi connectivity index (χ2n) is 8.85. The molecule has 1 fully saturated rings. The predicted octanol–water partition coefficient (Wildman–Crippen LogP) is 5.02. The van der Waals surface area contributed by atoms with Crippen LogP contribution in [0.25, 0.3) is 0 Å². The van der Waals surface area contributed by atoms with E-state index in [0.717, 1.165) is 24.2 Å². The van der Waals surface area contributed by atoms with Crippen LogP contribution in [0.2, 0.25) is 0 Å². The first-order chi connectivity index (χ1) is 16.3. The monoisotopic (exact) mass is 477 g/mol. The molecule has 0 spiro atoms. The van der Waals surface area contributed by atoms with Crippen molar-refractivity contribution in [2.45, 2.75) is 44.6 Å². The van der Waals surface area contributed by atoms with Crippen LogP contribution in [0.1, 0.15) is 46.3 Å². The Morgan fingerprint density at radius 1 is 0.882 bits per heavy atom. The smallest absolute Gasteiger partial charge is 0.261 e. The summed E-state index contributed by atoms with van der Waals surface area (Å²) in [6.07, 6.45) is 3.78. The molecule has 2 N–H and O–H groups in total. The zero-order valence-corrected chi connectivity index (χ0v) is 20.5. The first-order valence-corrected chi connectivity index (χ1v) is 13.1. The third-order valence-corrected chi connectivity index (χ3v) is 7.56. The molecule has 0 aromatic heterocycles. The molecule has 3 aromatic rings. The van der Waals surface area contributed by atoms with E-state index in [2.05, 4.69) is 39.2 Å². The number of hydrogen-bond donors (Lipinski definition) is 2. The molecule has 0 saturated carbocycles. The molecule has 1 aliphatic heterocycles. The van der Waals surface area contributed by atoms with Crippen LogP contribution in [0.4, 0.5) is 11.4 Å². The summed E-state index contributed by atoms with van der Waals surface area (Å²) in [5, 5.41) is 2.95. The van der Waals surface area contributed by atoms with Gasteiger partial charge >= 0.3 is 0 Å². The minimum Gasteiger partial charge on any atom is -0.372 e. The van der Waals surface area contributed by atoms with Crippen LogP contribution in [-0.4, -0.2) is 27.4 Å². The molecule has 0 bridgehead atoms. The summed E-state index contributed by atoms with van der Waals surface area (Å²) in [5.74, 6) is -0.198. The van der Waals surface area contributed by atoms with E-state index in [9.17, 15) is 13.2 Å². The van der Waals surface area contributed by atoms with Gasteiger partial charge in [-0.2, -0.15) is 0 Å². The van der Waals surface area contributed by atoms with Crippen LogP contribution in [0.15, 0.2) is 71.6 Å². The van der Waals surface area contributed by atoms with E-state index in [1.54, 1.807) is 49.4 Å². The van der Waals surface area contributed by atoms with Gasteiger partial charge in [0.05, 0.1) is 10.6 Å². The van der Waals surface area contributed by atoms with Crippen LogP contribution in [0.5, 0.6) is 0 Å². The third kappa shape index (κ3) is 5.78. The van der Waals surface area contributed by atoms with Crippen molar-refractivity contribution in [2.24, 2.45) is 0 Å². The van der Waals surface area contributed by atoms with Crippen molar-refractivity contribution in [3.63, 3.8) is 0 Å². The third-order valence-electron chi connectivity index (χ3n) is 6.17. The van der Waals surface area contributed by atoms with Crippen molar-refractivity contribution < 1.29 is 13.2 Å². The molecule has 0 atom stereocenters. The highest BCUT2D eigenvalue weighted by atomic mass is 32.2. The number of amides is 1. The van der Waals surface area contributed by atoms with Crippen LogP contribution < -0.4 is 14.9 Å². The number of carbonyl (C=O) groups excluding carboxylic acids is 1. The van der Waals surface area contributed by atoms with E-state index >= 15 is 0 Å². The van der Waals surface area contributed by atoms with E-state index < -0.39 is 10.0 Å². The Bertz CT molecular complexity index is 1250. The molecule has 178 valence electrons. The van der Waals surface area contributed by atoms with Crippen LogP contribution in [-0.2, 0) is 16.6 Å². The van der Waals surface area contributed by atoms with Crippen molar-refractivity contribution in [2.75, 3.05) is 22.7 Å². The Hall–Kier alpha value is -3.32. The zero-order valence-electron chi connectivity index (χ0n) is 19.7. The van der Waals surface area contributed by atoms with Crippen LogP contribution >= 0.6 is 0 Å². The second-order valence-corrected chi connectivity index (χ2v) is 10.5. The lowest BCUT2D eigenvalue weighted by atomic mass is 10.1. The van der Waals surface area contributed by atoms with Gasteiger partial charge in [0.25, 0.3) is 15.9 Å². The van der Waals surface area contributed by atoms with Crippen molar-refractivity contribution >= 4 is 27.3 Å². The summed E-state index contributed by atoms with van der Waals surface area (Å²) in [5.41, 5.74) is 4.87. The van der Waals surface area contributed by atoms with Gasteiger partial charge < -0.3 is 10.2 Å². The molecule has 1 aliphatic rings. The molecule has 0 aliphatic carbocycles. The maximum Gasteiger partial charge on any atom is 0.261 e. The molecular weight excluding hydrogens is 446 g/mol. The fraction of sp³-hybridized carbons (Fsp3) is 0.296. The summed E-state index contributed by atoms with van der Waals surface area (Å²) >= 11 is 0. The van der Waals surface area contributed by atoms with Crippen molar-refractivity contribution in [3.8, 4) is 0 Å². The maximum atomic E-state index is 12.7. The summed E-state index contributed by atoms with van der Waals surface area (Å²) in [4.78, 5) is 15.3. The SMILES string of the molecule is Cc1ccc(S(=O)(=O)Nc2ccc(C(=O)NCc3ccc(N4CCCCC4)cc3)cc2C)cc1. The van der Waals surface area contributed by atoms with Crippen LogP contribution in [0.3, 0.4) is 0 Å². The quantitative estimate of drug-likeness (QED) is 0.501. The molecule has 1 amide bonds. The van der Waals surface area contributed by atoms with E-state index in [4.69, 9.17) is 0 Å². The van der Waals surface area contributed by atoms with Crippen molar-refractivity contribution in [1.29, 1.82) is 0 Å². The Kier molecular flexibility index (Phi) is 7.22. The maximum absolute atomic E-state index is 12.7. The average Bonchev–Trinajstić information content (AvgIpc) is 2.85. The first kappa shape index (κ1) is 23.8. The van der Waals surface area contributed by atoms with E-state index in [0.29, 0.717) is 23.4 Å². The van der Waals surface area contributed by atoms with Crippen LogP contribution in [0, 0.1) is 13.8 Å². The van der Waals surface area contributed by atoms with Gasteiger partial charge in [-0.1, -0.05) is 29.8 Å². The summed E-state index contributed by atoms with van der Waals surface area (Å²) < 4.78 is 28.0. The summed E-state index contributed by atoms with van der Waals surface area (Å²) in [6.45, 7) is 6.32. The van der Waals surface area contributed by atoms with Crippen molar-refractivity contribution in [1.82, 2.24) is 5.32 Å². The number of nitrogens with one attached hydrogen (secondary N) is 2. The van der Waals surface area contributed by atoms with Gasteiger partial charge in [-0.25, -0.2) is 8.42 Å². The largest absolute Gasteiger partial charge is 0.372 e.